The Morgan fingerprint density at radius 1 is 1.19 bits per heavy atom. The number of piperazine rings is 1. The molecule has 2 saturated heterocycles. The van der Waals surface area contributed by atoms with E-state index in [0.29, 0.717) is 16.2 Å². The first-order chi connectivity index (χ1) is 13.0. The lowest BCUT2D eigenvalue weighted by Gasteiger charge is -2.42. The molecule has 2 atom stereocenters. The quantitative estimate of drug-likeness (QED) is 0.630. The lowest BCUT2D eigenvalue weighted by Crippen LogP contribution is -2.56. The fourth-order valence-electron chi connectivity index (χ4n) is 4.29. The highest BCUT2D eigenvalue weighted by Crippen LogP contribution is 2.39. The van der Waals surface area contributed by atoms with Crippen LogP contribution in [0.15, 0.2) is 31.7 Å². The zero-order valence-corrected chi connectivity index (χ0v) is 17.1. The summed E-state index contributed by atoms with van der Waals surface area (Å²) in [5, 5.41) is 6.60. The van der Waals surface area contributed by atoms with E-state index in [1.165, 1.54) is 25.5 Å². The Hall–Kier alpha value is -1.80. The first kappa shape index (κ1) is 17.3. The third-order valence-corrected chi connectivity index (χ3v) is 6.55. The highest BCUT2D eigenvalue weighted by molar-refractivity contribution is 9.10. The summed E-state index contributed by atoms with van der Waals surface area (Å²) in [6.45, 7) is 8.11. The normalized spacial score (nSPS) is 27.5. The van der Waals surface area contributed by atoms with Crippen LogP contribution in [-0.2, 0) is 0 Å². The summed E-state index contributed by atoms with van der Waals surface area (Å²) < 4.78 is 14.6. The van der Waals surface area contributed by atoms with Crippen LogP contribution in [-0.4, -0.2) is 65.4 Å². The molecule has 2 fully saturated rings. The van der Waals surface area contributed by atoms with E-state index >= 15 is 0 Å². The molecule has 4 aliphatic rings. The van der Waals surface area contributed by atoms with Gasteiger partial charge < -0.3 is 4.90 Å². The van der Waals surface area contributed by atoms with E-state index in [-0.39, 0.29) is 11.9 Å². The molecule has 0 spiro atoms. The second-order valence-electron chi connectivity index (χ2n) is 7.65. The van der Waals surface area contributed by atoms with E-state index in [1.54, 1.807) is 6.07 Å². The summed E-state index contributed by atoms with van der Waals surface area (Å²) in [6.07, 6.45) is 2.49. The lowest BCUT2D eigenvalue weighted by molar-refractivity contribution is 0.153. The summed E-state index contributed by atoms with van der Waals surface area (Å²) in [5.41, 5.74) is 2.30. The first-order valence-electron chi connectivity index (χ1n) is 9.51. The molecular weight excluding hydrogens is 411 g/mol. The van der Waals surface area contributed by atoms with Crippen molar-refractivity contribution in [1.82, 2.24) is 9.80 Å². The fourth-order valence-corrected chi connectivity index (χ4v) is 4.62. The fraction of sp³-hybridized carbons (Fsp3) is 0.526. The van der Waals surface area contributed by atoms with Crippen molar-refractivity contribution in [3.05, 3.63) is 22.4 Å². The van der Waals surface area contributed by atoms with Crippen LogP contribution in [0, 0.1) is 5.82 Å². The van der Waals surface area contributed by atoms with Crippen LogP contribution in [0.25, 0.3) is 0 Å². The third kappa shape index (κ3) is 2.81. The number of anilines is 1. The summed E-state index contributed by atoms with van der Waals surface area (Å²) in [6, 6.07) is 3.80. The Bertz CT molecular complexity index is 894. The largest absolute Gasteiger partial charge is 0.351 e. The Balaban J connectivity index is 1.60. The minimum atomic E-state index is -0.316. The molecule has 27 heavy (non-hydrogen) atoms. The SMILES string of the molecule is CC1=NN2C(=NC1C)C(N1CCN3CCCC3C1)=Nc1cc(F)c(Br)cc12. The molecule has 0 aromatic heterocycles. The molecule has 1 aromatic carbocycles. The van der Waals surface area contributed by atoms with Crippen LogP contribution >= 0.6 is 15.9 Å². The molecule has 4 heterocycles. The van der Waals surface area contributed by atoms with Gasteiger partial charge in [-0.25, -0.2) is 14.4 Å². The Morgan fingerprint density at radius 3 is 2.89 bits per heavy atom. The minimum Gasteiger partial charge on any atom is -0.351 e. The van der Waals surface area contributed by atoms with Crippen molar-refractivity contribution >= 4 is 44.7 Å². The van der Waals surface area contributed by atoms with Gasteiger partial charge in [0, 0.05) is 31.7 Å². The smallest absolute Gasteiger partial charge is 0.193 e. The van der Waals surface area contributed by atoms with Crippen LogP contribution in [0.3, 0.4) is 0 Å². The van der Waals surface area contributed by atoms with Gasteiger partial charge in [0.15, 0.2) is 11.7 Å². The zero-order chi connectivity index (χ0) is 18.7. The number of hydrogen-bond donors (Lipinski definition) is 0. The standard InChI is InChI=1S/C19H22BrFN6/c1-11-12(2)24-27-17-8-14(20)15(21)9-16(17)23-18(19(27)22-11)26-7-6-25-5-3-4-13(25)10-26/h8-9,11,13H,3-7,10H2,1-2H3. The molecule has 5 rings (SSSR count). The number of nitrogens with zero attached hydrogens (tertiary/aromatic N) is 6. The van der Waals surface area contributed by atoms with Gasteiger partial charge in [-0.1, -0.05) is 0 Å². The number of halogens is 2. The average Bonchev–Trinajstić information content (AvgIpc) is 3.11. The van der Waals surface area contributed by atoms with Gasteiger partial charge in [-0.2, -0.15) is 5.10 Å². The maximum absolute atomic E-state index is 14.2. The Morgan fingerprint density at radius 2 is 2.04 bits per heavy atom. The van der Waals surface area contributed by atoms with E-state index in [1.807, 2.05) is 18.9 Å². The predicted molar refractivity (Wildman–Crippen MR) is 110 cm³/mol. The first-order valence-corrected chi connectivity index (χ1v) is 10.3. The van der Waals surface area contributed by atoms with Crippen molar-refractivity contribution in [1.29, 1.82) is 0 Å². The summed E-state index contributed by atoms with van der Waals surface area (Å²) in [7, 11) is 0. The lowest BCUT2D eigenvalue weighted by atomic mass is 10.1. The highest BCUT2D eigenvalue weighted by atomic mass is 79.9. The highest BCUT2D eigenvalue weighted by Gasteiger charge is 2.38. The molecule has 0 amide bonds. The van der Waals surface area contributed by atoms with E-state index in [0.717, 1.165) is 42.7 Å². The van der Waals surface area contributed by atoms with Crippen molar-refractivity contribution in [3.63, 3.8) is 0 Å². The molecule has 0 N–H and O–H groups in total. The Kier molecular flexibility index (Phi) is 4.09. The average molecular weight is 433 g/mol. The maximum Gasteiger partial charge on any atom is 0.193 e. The van der Waals surface area contributed by atoms with Crippen LogP contribution in [0.1, 0.15) is 26.7 Å². The zero-order valence-electron chi connectivity index (χ0n) is 15.5. The molecule has 2 unspecified atom stereocenters. The van der Waals surface area contributed by atoms with Crippen LogP contribution in [0.5, 0.6) is 0 Å². The Labute approximate surface area is 166 Å². The van der Waals surface area contributed by atoms with Crippen LogP contribution < -0.4 is 5.01 Å². The maximum atomic E-state index is 14.2. The number of benzene rings is 1. The van der Waals surface area contributed by atoms with Gasteiger partial charge in [-0.15, -0.1) is 0 Å². The number of aliphatic imine (C=N–C) groups is 2. The monoisotopic (exact) mass is 432 g/mol. The topological polar surface area (TPSA) is 46.8 Å². The molecule has 0 aliphatic carbocycles. The van der Waals surface area contributed by atoms with Gasteiger partial charge in [-0.05, 0) is 55.2 Å². The number of fused-ring (bicyclic) bond motifs is 4. The molecule has 142 valence electrons. The molecule has 0 radical (unpaired) electrons. The number of hydrazone groups is 1. The summed E-state index contributed by atoms with van der Waals surface area (Å²) in [5.74, 6) is 1.27. The second kappa shape index (κ2) is 6.38. The molecular formula is C19H22BrFN6. The van der Waals surface area contributed by atoms with Gasteiger partial charge in [0.25, 0.3) is 0 Å². The summed E-state index contributed by atoms with van der Waals surface area (Å²) >= 11 is 3.29. The van der Waals surface area contributed by atoms with Crippen LogP contribution in [0.2, 0.25) is 0 Å². The van der Waals surface area contributed by atoms with Crippen molar-refractivity contribution in [2.45, 2.75) is 38.8 Å². The molecule has 8 heteroatoms. The third-order valence-electron chi connectivity index (χ3n) is 5.94. The van der Waals surface area contributed by atoms with Crippen molar-refractivity contribution in [3.8, 4) is 0 Å². The van der Waals surface area contributed by atoms with Gasteiger partial charge in [0.2, 0.25) is 0 Å². The van der Waals surface area contributed by atoms with E-state index < -0.39 is 0 Å². The molecule has 1 aromatic rings. The van der Waals surface area contributed by atoms with E-state index in [4.69, 9.17) is 15.1 Å². The van der Waals surface area contributed by atoms with Crippen LogP contribution in [0.4, 0.5) is 15.8 Å². The van der Waals surface area contributed by atoms with Crippen molar-refractivity contribution in [2.24, 2.45) is 15.1 Å². The minimum absolute atomic E-state index is 0.0136. The van der Waals surface area contributed by atoms with Gasteiger partial charge in [0.1, 0.15) is 5.82 Å². The second-order valence-corrected chi connectivity index (χ2v) is 8.50. The van der Waals surface area contributed by atoms with Gasteiger partial charge in [0.05, 0.1) is 27.6 Å². The number of amidine groups is 2. The van der Waals surface area contributed by atoms with Gasteiger partial charge >= 0.3 is 0 Å². The van der Waals surface area contributed by atoms with Crippen molar-refractivity contribution in [2.75, 3.05) is 31.2 Å². The number of hydrogen-bond acceptors (Lipinski definition) is 6. The van der Waals surface area contributed by atoms with E-state index in [2.05, 4.69) is 25.7 Å². The van der Waals surface area contributed by atoms with E-state index in [9.17, 15) is 4.39 Å². The van der Waals surface area contributed by atoms with Gasteiger partial charge in [-0.3, -0.25) is 9.89 Å². The number of rotatable bonds is 0. The molecule has 0 bridgehead atoms. The van der Waals surface area contributed by atoms with Crippen molar-refractivity contribution < 1.29 is 4.39 Å². The molecule has 4 aliphatic heterocycles. The predicted octanol–water partition coefficient (Wildman–Crippen LogP) is 3.39. The molecule has 6 nitrogen and oxygen atoms in total. The molecule has 0 saturated carbocycles. The summed E-state index contributed by atoms with van der Waals surface area (Å²) in [4.78, 5) is 14.6.